The Hall–Kier alpha value is -3.01. The summed E-state index contributed by atoms with van der Waals surface area (Å²) in [6, 6.07) is 20.0. The van der Waals surface area contributed by atoms with E-state index in [4.69, 9.17) is 5.73 Å². The Labute approximate surface area is 121 Å². The fourth-order valence-electron chi connectivity index (χ4n) is 2.67. The molecule has 0 radical (unpaired) electrons. The van der Waals surface area contributed by atoms with Gasteiger partial charge in [0.05, 0.1) is 5.69 Å². The van der Waals surface area contributed by atoms with Crippen LogP contribution in [0.25, 0.3) is 32.9 Å². The highest BCUT2D eigenvalue weighted by Crippen LogP contribution is 2.34. The summed E-state index contributed by atoms with van der Waals surface area (Å²) in [5.41, 5.74) is 9.27. The lowest BCUT2D eigenvalue weighted by atomic mass is 10.00. The molecule has 0 fully saturated rings. The molecule has 3 aromatic carbocycles. The minimum absolute atomic E-state index is 0.621. The topological polar surface area (TPSA) is 64.7 Å². The van der Waals surface area contributed by atoms with Gasteiger partial charge in [-0.3, -0.25) is 0 Å². The zero-order valence-corrected chi connectivity index (χ0v) is 11.2. The van der Waals surface area contributed by atoms with Gasteiger partial charge < -0.3 is 5.73 Å². The molecule has 0 saturated heterocycles. The Balaban J connectivity index is 2.22. The molecule has 2 N–H and O–H groups in total. The molecule has 0 saturated carbocycles. The van der Waals surface area contributed by atoms with Gasteiger partial charge in [-0.25, -0.2) is 0 Å². The van der Waals surface area contributed by atoms with Crippen molar-refractivity contribution in [1.82, 2.24) is 15.4 Å². The molecular formula is C17H12N4. The van der Waals surface area contributed by atoms with Gasteiger partial charge in [-0.05, 0) is 22.1 Å². The Bertz CT molecular complexity index is 949. The molecule has 0 atom stereocenters. The molecule has 4 aromatic rings. The second-order valence-corrected chi connectivity index (χ2v) is 4.91. The van der Waals surface area contributed by atoms with E-state index in [1.54, 1.807) is 0 Å². The van der Waals surface area contributed by atoms with E-state index in [2.05, 4.69) is 21.5 Å². The van der Waals surface area contributed by atoms with Crippen LogP contribution in [0.1, 0.15) is 0 Å². The van der Waals surface area contributed by atoms with Crippen LogP contribution in [-0.4, -0.2) is 15.4 Å². The van der Waals surface area contributed by atoms with Gasteiger partial charge in [0.1, 0.15) is 11.2 Å². The van der Waals surface area contributed by atoms with Gasteiger partial charge in [0.15, 0.2) is 0 Å². The summed E-state index contributed by atoms with van der Waals surface area (Å²) in [7, 11) is 0. The van der Waals surface area contributed by atoms with Crippen molar-refractivity contribution in [2.24, 2.45) is 0 Å². The van der Waals surface area contributed by atoms with Gasteiger partial charge in [-0.15, -0.1) is 10.2 Å². The first-order chi connectivity index (χ1) is 10.3. The molecule has 0 aliphatic heterocycles. The third-order valence-electron chi connectivity index (χ3n) is 3.62. The Morgan fingerprint density at radius 1 is 0.810 bits per heavy atom. The third kappa shape index (κ3) is 1.80. The van der Waals surface area contributed by atoms with Gasteiger partial charge in [0, 0.05) is 10.9 Å². The molecule has 0 aliphatic rings. The average Bonchev–Trinajstić information content (AvgIpc) is 2.55. The second-order valence-electron chi connectivity index (χ2n) is 4.91. The maximum Gasteiger partial charge on any atom is 0.120 e. The predicted molar refractivity (Wildman–Crippen MR) is 84.7 cm³/mol. The second kappa shape index (κ2) is 4.52. The Kier molecular flexibility index (Phi) is 2.54. The van der Waals surface area contributed by atoms with Crippen molar-refractivity contribution in [3.63, 3.8) is 0 Å². The predicted octanol–water partition coefficient (Wildman–Crippen LogP) is 3.43. The molecule has 0 spiro atoms. The van der Waals surface area contributed by atoms with E-state index in [1.807, 2.05) is 54.6 Å². The summed E-state index contributed by atoms with van der Waals surface area (Å²) >= 11 is 0. The van der Waals surface area contributed by atoms with Crippen LogP contribution in [0.4, 0.5) is 5.69 Å². The van der Waals surface area contributed by atoms with Crippen LogP contribution in [0.3, 0.4) is 0 Å². The number of anilines is 1. The van der Waals surface area contributed by atoms with Crippen LogP contribution in [0, 0.1) is 0 Å². The molecule has 1 heterocycles. The Morgan fingerprint density at radius 2 is 1.57 bits per heavy atom. The average molecular weight is 272 g/mol. The first-order valence-electron chi connectivity index (χ1n) is 6.70. The summed E-state index contributed by atoms with van der Waals surface area (Å²) in [6.45, 7) is 0. The van der Waals surface area contributed by atoms with Crippen molar-refractivity contribution in [3.8, 4) is 11.3 Å². The van der Waals surface area contributed by atoms with Crippen LogP contribution in [0.5, 0.6) is 0 Å². The highest BCUT2D eigenvalue weighted by atomic mass is 15.3. The van der Waals surface area contributed by atoms with E-state index in [0.717, 1.165) is 27.4 Å². The maximum atomic E-state index is 6.14. The zero-order valence-electron chi connectivity index (χ0n) is 11.2. The van der Waals surface area contributed by atoms with Crippen LogP contribution in [0.15, 0.2) is 60.7 Å². The molecule has 4 nitrogen and oxygen atoms in total. The van der Waals surface area contributed by atoms with Crippen molar-refractivity contribution in [1.29, 1.82) is 0 Å². The smallest absolute Gasteiger partial charge is 0.120 e. The first kappa shape index (κ1) is 11.8. The van der Waals surface area contributed by atoms with Crippen molar-refractivity contribution < 1.29 is 0 Å². The molecule has 100 valence electrons. The standard InChI is InChI=1S/C17H12N4/c18-14-10-12-8-4-5-9-13(12)15-16(19-21-20-17(14)15)11-6-2-1-3-7-11/h1-10H,18H2. The lowest BCUT2D eigenvalue weighted by Crippen LogP contribution is -1.98. The van der Waals surface area contributed by atoms with E-state index >= 15 is 0 Å². The van der Waals surface area contributed by atoms with Crippen LogP contribution in [-0.2, 0) is 0 Å². The highest BCUT2D eigenvalue weighted by molar-refractivity contribution is 6.15. The van der Waals surface area contributed by atoms with Crippen molar-refractivity contribution in [2.75, 3.05) is 5.73 Å². The molecule has 0 aliphatic carbocycles. The normalized spacial score (nSPS) is 11.0. The van der Waals surface area contributed by atoms with Gasteiger partial charge in [-0.2, -0.15) is 0 Å². The van der Waals surface area contributed by atoms with Crippen molar-refractivity contribution in [2.45, 2.75) is 0 Å². The molecular weight excluding hydrogens is 260 g/mol. The van der Waals surface area contributed by atoms with Gasteiger partial charge in [0.2, 0.25) is 0 Å². The van der Waals surface area contributed by atoms with Crippen LogP contribution >= 0.6 is 0 Å². The number of rotatable bonds is 1. The number of aromatic nitrogens is 3. The van der Waals surface area contributed by atoms with Crippen LogP contribution in [0.2, 0.25) is 0 Å². The van der Waals surface area contributed by atoms with E-state index < -0.39 is 0 Å². The molecule has 0 unspecified atom stereocenters. The third-order valence-corrected chi connectivity index (χ3v) is 3.62. The van der Waals surface area contributed by atoms with Crippen LogP contribution < -0.4 is 5.73 Å². The van der Waals surface area contributed by atoms with E-state index in [9.17, 15) is 0 Å². The highest BCUT2D eigenvalue weighted by Gasteiger charge is 2.13. The molecule has 0 amide bonds. The summed E-state index contributed by atoms with van der Waals surface area (Å²) in [5, 5.41) is 15.4. The first-order valence-corrected chi connectivity index (χ1v) is 6.70. The minimum atomic E-state index is 0.621. The summed E-state index contributed by atoms with van der Waals surface area (Å²) < 4.78 is 0. The zero-order chi connectivity index (χ0) is 14.2. The molecule has 1 aromatic heterocycles. The number of hydrogen-bond donors (Lipinski definition) is 1. The number of fused-ring (bicyclic) bond motifs is 3. The SMILES string of the molecule is Nc1cc2ccccc2c2c(-c3ccccc3)nnnc12. The lowest BCUT2D eigenvalue weighted by Gasteiger charge is -2.09. The van der Waals surface area contributed by atoms with Crippen molar-refractivity contribution >= 4 is 27.4 Å². The number of nitrogens with two attached hydrogens (primary N) is 1. The molecule has 4 heteroatoms. The molecule has 4 rings (SSSR count). The number of nitrogens with zero attached hydrogens (tertiary/aromatic N) is 3. The lowest BCUT2D eigenvalue weighted by molar-refractivity contribution is 0.902. The number of benzene rings is 3. The summed E-state index contributed by atoms with van der Waals surface area (Å²) in [6.07, 6.45) is 0. The minimum Gasteiger partial charge on any atom is -0.397 e. The van der Waals surface area contributed by atoms with Gasteiger partial charge in [0.25, 0.3) is 0 Å². The molecule has 21 heavy (non-hydrogen) atoms. The molecule has 0 bridgehead atoms. The van der Waals surface area contributed by atoms with Gasteiger partial charge in [-0.1, -0.05) is 54.6 Å². The van der Waals surface area contributed by atoms with Gasteiger partial charge >= 0.3 is 0 Å². The number of hydrogen-bond acceptors (Lipinski definition) is 4. The van der Waals surface area contributed by atoms with E-state index in [-0.39, 0.29) is 0 Å². The fraction of sp³-hybridized carbons (Fsp3) is 0. The van der Waals surface area contributed by atoms with E-state index in [0.29, 0.717) is 11.2 Å². The largest absolute Gasteiger partial charge is 0.397 e. The summed E-state index contributed by atoms with van der Waals surface area (Å²) in [5.74, 6) is 0. The maximum absolute atomic E-state index is 6.14. The monoisotopic (exact) mass is 272 g/mol. The summed E-state index contributed by atoms with van der Waals surface area (Å²) in [4.78, 5) is 0. The van der Waals surface area contributed by atoms with Crippen molar-refractivity contribution in [3.05, 3.63) is 60.7 Å². The number of nitrogen functional groups attached to an aromatic ring is 1. The Morgan fingerprint density at radius 3 is 2.43 bits per heavy atom. The van der Waals surface area contributed by atoms with E-state index in [1.165, 1.54) is 0 Å². The fourth-order valence-corrected chi connectivity index (χ4v) is 2.67. The quantitative estimate of drug-likeness (QED) is 0.426.